The minimum absolute atomic E-state index is 0.0260. The van der Waals surface area contributed by atoms with Crippen LogP contribution in [0.25, 0.3) is 0 Å². The Hall–Kier alpha value is -2.73. The molecule has 0 radical (unpaired) electrons. The van der Waals surface area contributed by atoms with Crippen LogP contribution in [0.15, 0.2) is 42.5 Å². The lowest BCUT2D eigenvalue weighted by atomic mass is 10.1. The molecule has 28 heavy (non-hydrogen) atoms. The SMILES string of the molecule is COc1cc(C)ccc1OCC(=O)N(C)Cc1ccc(N2CCOCC2)cc1. The highest BCUT2D eigenvalue weighted by Gasteiger charge is 2.14. The molecule has 0 aromatic heterocycles. The van der Waals surface area contributed by atoms with Crippen LogP contribution < -0.4 is 14.4 Å². The number of carbonyl (C=O) groups is 1. The maximum absolute atomic E-state index is 12.4. The second-order valence-corrected chi connectivity index (χ2v) is 6.96. The van der Waals surface area contributed by atoms with Gasteiger partial charge in [-0.2, -0.15) is 0 Å². The maximum atomic E-state index is 12.4. The first-order valence-electron chi connectivity index (χ1n) is 9.50. The number of rotatable bonds is 7. The zero-order valence-corrected chi connectivity index (χ0v) is 16.8. The molecule has 1 amide bonds. The summed E-state index contributed by atoms with van der Waals surface area (Å²) < 4.78 is 16.4. The van der Waals surface area contributed by atoms with Crippen molar-refractivity contribution in [3.63, 3.8) is 0 Å². The fraction of sp³-hybridized carbons (Fsp3) is 0.409. The van der Waals surface area contributed by atoms with Gasteiger partial charge in [-0.15, -0.1) is 0 Å². The Morgan fingerprint density at radius 3 is 2.50 bits per heavy atom. The lowest BCUT2D eigenvalue weighted by Gasteiger charge is -2.29. The van der Waals surface area contributed by atoms with E-state index < -0.39 is 0 Å². The van der Waals surface area contributed by atoms with Crippen LogP contribution in [0.3, 0.4) is 0 Å². The predicted molar refractivity (Wildman–Crippen MR) is 109 cm³/mol. The monoisotopic (exact) mass is 384 g/mol. The van der Waals surface area contributed by atoms with Crippen molar-refractivity contribution in [1.82, 2.24) is 4.90 Å². The van der Waals surface area contributed by atoms with Crippen LogP contribution in [-0.4, -0.2) is 57.9 Å². The number of amides is 1. The second kappa shape index (κ2) is 9.46. The van der Waals surface area contributed by atoms with Gasteiger partial charge in [-0.25, -0.2) is 0 Å². The van der Waals surface area contributed by atoms with Gasteiger partial charge >= 0.3 is 0 Å². The van der Waals surface area contributed by atoms with Gasteiger partial charge in [-0.05, 0) is 42.3 Å². The lowest BCUT2D eigenvalue weighted by molar-refractivity contribution is -0.132. The third kappa shape index (κ3) is 5.16. The van der Waals surface area contributed by atoms with Gasteiger partial charge in [0.2, 0.25) is 0 Å². The quantitative estimate of drug-likeness (QED) is 0.735. The van der Waals surface area contributed by atoms with Gasteiger partial charge in [-0.1, -0.05) is 18.2 Å². The van der Waals surface area contributed by atoms with E-state index in [1.165, 1.54) is 5.69 Å². The van der Waals surface area contributed by atoms with E-state index in [0.717, 1.165) is 37.4 Å². The van der Waals surface area contributed by atoms with Crippen LogP contribution in [0.2, 0.25) is 0 Å². The summed E-state index contributed by atoms with van der Waals surface area (Å²) in [5, 5.41) is 0. The maximum Gasteiger partial charge on any atom is 0.260 e. The molecule has 1 aliphatic heterocycles. The second-order valence-electron chi connectivity index (χ2n) is 6.96. The van der Waals surface area contributed by atoms with E-state index in [9.17, 15) is 4.79 Å². The Labute approximate surface area is 166 Å². The van der Waals surface area contributed by atoms with Crippen molar-refractivity contribution in [3.05, 3.63) is 53.6 Å². The zero-order chi connectivity index (χ0) is 19.9. The largest absolute Gasteiger partial charge is 0.493 e. The molecule has 1 fully saturated rings. The number of nitrogens with zero attached hydrogens (tertiary/aromatic N) is 2. The summed E-state index contributed by atoms with van der Waals surface area (Å²) in [6, 6.07) is 14.0. The topological polar surface area (TPSA) is 51.2 Å². The fourth-order valence-electron chi connectivity index (χ4n) is 3.14. The van der Waals surface area contributed by atoms with Crippen LogP contribution in [-0.2, 0) is 16.1 Å². The van der Waals surface area contributed by atoms with Gasteiger partial charge in [0.1, 0.15) is 0 Å². The van der Waals surface area contributed by atoms with E-state index in [-0.39, 0.29) is 12.5 Å². The molecule has 1 heterocycles. The van der Waals surface area contributed by atoms with Crippen LogP contribution in [0.1, 0.15) is 11.1 Å². The lowest BCUT2D eigenvalue weighted by Crippen LogP contribution is -2.36. The number of ether oxygens (including phenoxy) is 3. The van der Waals surface area contributed by atoms with Crippen molar-refractivity contribution in [2.75, 3.05) is 52.0 Å². The first-order valence-corrected chi connectivity index (χ1v) is 9.50. The summed E-state index contributed by atoms with van der Waals surface area (Å²) >= 11 is 0. The van der Waals surface area contributed by atoms with Crippen LogP contribution >= 0.6 is 0 Å². The van der Waals surface area contributed by atoms with Gasteiger partial charge in [0.05, 0.1) is 20.3 Å². The van der Waals surface area contributed by atoms with Crippen molar-refractivity contribution >= 4 is 11.6 Å². The Balaban J connectivity index is 1.52. The molecule has 1 aliphatic rings. The predicted octanol–water partition coefficient (Wildman–Crippen LogP) is 2.88. The number of benzene rings is 2. The average molecular weight is 384 g/mol. The van der Waals surface area contributed by atoms with Crippen LogP contribution in [0, 0.1) is 6.92 Å². The number of morpholine rings is 1. The smallest absolute Gasteiger partial charge is 0.260 e. The van der Waals surface area contributed by atoms with Gasteiger partial charge in [0, 0.05) is 32.4 Å². The summed E-state index contributed by atoms with van der Waals surface area (Å²) in [5.74, 6) is 1.12. The Morgan fingerprint density at radius 2 is 1.82 bits per heavy atom. The zero-order valence-electron chi connectivity index (χ0n) is 16.8. The highest BCUT2D eigenvalue weighted by molar-refractivity contribution is 5.77. The molecule has 0 saturated carbocycles. The summed E-state index contributed by atoms with van der Waals surface area (Å²) in [7, 11) is 3.38. The first-order chi connectivity index (χ1) is 13.6. The summed E-state index contributed by atoms with van der Waals surface area (Å²) in [4.78, 5) is 16.4. The fourth-order valence-corrected chi connectivity index (χ4v) is 3.14. The standard InChI is InChI=1S/C22H28N2O4/c1-17-4-9-20(21(14-17)26-3)28-16-22(25)23(2)15-18-5-7-19(8-6-18)24-10-12-27-13-11-24/h4-9,14H,10-13,15-16H2,1-3H3. The van der Waals surface area contributed by atoms with E-state index in [2.05, 4.69) is 29.2 Å². The van der Waals surface area contributed by atoms with Crippen LogP contribution in [0.4, 0.5) is 5.69 Å². The van der Waals surface area contributed by atoms with E-state index in [0.29, 0.717) is 18.0 Å². The van der Waals surface area contributed by atoms with E-state index >= 15 is 0 Å². The number of carbonyl (C=O) groups excluding carboxylic acids is 1. The minimum atomic E-state index is -0.0834. The number of aryl methyl sites for hydroxylation is 1. The summed E-state index contributed by atoms with van der Waals surface area (Å²) in [6.45, 7) is 5.86. The number of anilines is 1. The molecule has 0 spiro atoms. The Morgan fingerprint density at radius 1 is 1.11 bits per heavy atom. The van der Waals surface area contributed by atoms with E-state index in [1.54, 1.807) is 19.1 Å². The normalized spacial score (nSPS) is 13.9. The molecular formula is C22H28N2O4. The van der Waals surface area contributed by atoms with E-state index in [4.69, 9.17) is 14.2 Å². The molecule has 6 nitrogen and oxygen atoms in total. The highest BCUT2D eigenvalue weighted by Crippen LogP contribution is 2.27. The Bertz CT molecular complexity index is 786. The average Bonchev–Trinajstić information content (AvgIpc) is 2.73. The van der Waals surface area contributed by atoms with E-state index in [1.807, 2.05) is 25.1 Å². The third-order valence-corrected chi connectivity index (χ3v) is 4.83. The molecule has 0 unspecified atom stereocenters. The van der Waals surface area contributed by atoms with Crippen molar-refractivity contribution in [2.24, 2.45) is 0 Å². The van der Waals surface area contributed by atoms with Gasteiger partial charge in [-0.3, -0.25) is 4.79 Å². The van der Waals surface area contributed by atoms with Gasteiger partial charge < -0.3 is 24.0 Å². The number of likely N-dealkylation sites (N-methyl/N-ethyl adjacent to an activating group) is 1. The molecule has 0 N–H and O–H groups in total. The summed E-state index contributed by atoms with van der Waals surface area (Å²) in [5.41, 5.74) is 3.35. The number of methoxy groups -OCH3 is 1. The van der Waals surface area contributed by atoms with Crippen molar-refractivity contribution in [1.29, 1.82) is 0 Å². The molecule has 2 aromatic rings. The molecular weight excluding hydrogens is 356 g/mol. The minimum Gasteiger partial charge on any atom is -0.493 e. The molecule has 0 aliphatic carbocycles. The van der Waals surface area contributed by atoms with Gasteiger partial charge in [0.25, 0.3) is 5.91 Å². The van der Waals surface area contributed by atoms with Crippen molar-refractivity contribution in [2.45, 2.75) is 13.5 Å². The highest BCUT2D eigenvalue weighted by atomic mass is 16.5. The van der Waals surface area contributed by atoms with Crippen LogP contribution in [0.5, 0.6) is 11.5 Å². The molecule has 0 atom stereocenters. The molecule has 6 heteroatoms. The molecule has 150 valence electrons. The number of hydrogen-bond acceptors (Lipinski definition) is 5. The first kappa shape index (κ1) is 20.0. The third-order valence-electron chi connectivity index (χ3n) is 4.83. The molecule has 1 saturated heterocycles. The van der Waals surface area contributed by atoms with Crippen molar-refractivity contribution in [3.8, 4) is 11.5 Å². The molecule has 2 aromatic carbocycles. The summed E-state index contributed by atoms with van der Waals surface area (Å²) in [6.07, 6.45) is 0. The number of hydrogen-bond donors (Lipinski definition) is 0. The molecule has 3 rings (SSSR count). The van der Waals surface area contributed by atoms with Gasteiger partial charge in [0.15, 0.2) is 18.1 Å². The Kier molecular flexibility index (Phi) is 6.76. The van der Waals surface area contributed by atoms with Crippen molar-refractivity contribution < 1.29 is 19.0 Å². The molecule has 0 bridgehead atoms.